The molecule has 16 heavy (non-hydrogen) atoms. The molecule has 0 fully saturated rings. The number of ether oxygens (including phenoxy) is 1. The minimum absolute atomic E-state index is 0.161. The molecule has 90 valence electrons. The van der Waals surface area contributed by atoms with Crippen molar-refractivity contribution in [1.82, 2.24) is 0 Å². The molecule has 0 aliphatic rings. The number of hydrogen-bond acceptors (Lipinski definition) is 2. The first-order valence-corrected chi connectivity index (χ1v) is 5.80. The molecule has 1 aromatic rings. The molecule has 0 atom stereocenters. The van der Waals surface area contributed by atoms with E-state index in [1.807, 2.05) is 13.8 Å². The van der Waals surface area contributed by atoms with Crippen molar-refractivity contribution in [2.45, 2.75) is 46.6 Å². The maximum atomic E-state index is 5.93. The van der Waals surface area contributed by atoms with Gasteiger partial charge in [0.15, 0.2) is 0 Å². The molecule has 0 aliphatic heterocycles. The van der Waals surface area contributed by atoms with Gasteiger partial charge in [-0.1, -0.05) is 12.1 Å². The molecule has 0 radical (unpaired) electrons. The van der Waals surface area contributed by atoms with E-state index in [0.717, 1.165) is 12.2 Å². The van der Waals surface area contributed by atoms with Crippen LogP contribution in [0.25, 0.3) is 0 Å². The summed E-state index contributed by atoms with van der Waals surface area (Å²) in [5, 5.41) is 0. The van der Waals surface area contributed by atoms with Gasteiger partial charge in [-0.3, -0.25) is 0 Å². The molecular weight excluding hydrogens is 198 g/mol. The largest absolute Gasteiger partial charge is 0.493 e. The first-order chi connectivity index (χ1) is 7.31. The van der Waals surface area contributed by atoms with Crippen LogP contribution >= 0.6 is 0 Å². The Morgan fingerprint density at radius 1 is 1.12 bits per heavy atom. The van der Waals surface area contributed by atoms with E-state index in [1.54, 1.807) is 0 Å². The molecule has 0 heterocycles. The Labute approximate surface area is 98.8 Å². The van der Waals surface area contributed by atoms with E-state index in [2.05, 4.69) is 32.9 Å². The quantitative estimate of drug-likeness (QED) is 0.848. The van der Waals surface area contributed by atoms with Crippen LogP contribution in [-0.4, -0.2) is 12.1 Å². The summed E-state index contributed by atoms with van der Waals surface area (Å²) in [6.07, 6.45) is 0.861. The van der Waals surface area contributed by atoms with Gasteiger partial charge in [-0.2, -0.15) is 0 Å². The van der Waals surface area contributed by atoms with Gasteiger partial charge in [-0.15, -0.1) is 0 Å². The monoisotopic (exact) mass is 221 g/mol. The lowest BCUT2D eigenvalue weighted by atomic mass is 10.0. The zero-order valence-electron chi connectivity index (χ0n) is 11.1. The van der Waals surface area contributed by atoms with E-state index in [0.29, 0.717) is 6.61 Å². The van der Waals surface area contributed by atoms with Gasteiger partial charge in [-0.25, -0.2) is 0 Å². The minimum Gasteiger partial charge on any atom is -0.493 e. The molecule has 0 aromatic heterocycles. The van der Waals surface area contributed by atoms with Gasteiger partial charge in [0.05, 0.1) is 6.61 Å². The molecule has 0 aliphatic carbocycles. The fourth-order valence-electron chi connectivity index (χ4n) is 1.56. The van der Waals surface area contributed by atoms with Crippen molar-refractivity contribution in [3.8, 4) is 5.75 Å². The summed E-state index contributed by atoms with van der Waals surface area (Å²) in [6.45, 7) is 11.0. The van der Waals surface area contributed by atoms with E-state index in [-0.39, 0.29) is 5.54 Å². The first kappa shape index (κ1) is 13.0. The third kappa shape index (κ3) is 3.53. The van der Waals surface area contributed by atoms with Crippen LogP contribution in [0, 0.1) is 20.8 Å². The smallest absolute Gasteiger partial charge is 0.125 e. The Morgan fingerprint density at radius 2 is 1.69 bits per heavy atom. The van der Waals surface area contributed by atoms with E-state index >= 15 is 0 Å². The lowest BCUT2D eigenvalue weighted by Gasteiger charge is -2.20. The summed E-state index contributed by atoms with van der Waals surface area (Å²) in [4.78, 5) is 0. The van der Waals surface area contributed by atoms with Gasteiger partial charge >= 0.3 is 0 Å². The fourth-order valence-corrected chi connectivity index (χ4v) is 1.56. The van der Waals surface area contributed by atoms with Crippen LogP contribution in [0.4, 0.5) is 0 Å². The molecule has 2 heteroatoms. The number of hydrogen-bond donors (Lipinski definition) is 1. The normalized spacial score (nSPS) is 11.6. The lowest BCUT2D eigenvalue weighted by Crippen LogP contribution is -2.33. The topological polar surface area (TPSA) is 35.2 Å². The van der Waals surface area contributed by atoms with Crippen molar-refractivity contribution in [2.75, 3.05) is 6.61 Å². The van der Waals surface area contributed by atoms with Crippen molar-refractivity contribution in [3.63, 3.8) is 0 Å². The molecule has 0 amide bonds. The van der Waals surface area contributed by atoms with Gasteiger partial charge in [0.2, 0.25) is 0 Å². The molecule has 2 N–H and O–H groups in total. The van der Waals surface area contributed by atoms with Crippen LogP contribution in [0.2, 0.25) is 0 Å². The standard InChI is InChI=1S/C14H23NO/c1-10-6-7-11(2)13(12(10)3)16-9-8-14(4,5)15/h6-7H,8-9,15H2,1-5H3. The molecule has 0 saturated heterocycles. The summed E-state index contributed by atoms with van der Waals surface area (Å²) in [6, 6.07) is 4.23. The number of aryl methyl sites for hydroxylation is 2. The van der Waals surface area contributed by atoms with Crippen molar-refractivity contribution >= 4 is 0 Å². The molecule has 0 spiro atoms. The zero-order valence-corrected chi connectivity index (χ0v) is 11.1. The van der Waals surface area contributed by atoms with E-state index in [9.17, 15) is 0 Å². The Kier molecular flexibility index (Phi) is 3.98. The summed E-state index contributed by atoms with van der Waals surface area (Å²) < 4.78 is 5.84. The van der Waals surface area contributed by atoms with Crippen LogP contribution in [0.1, 0.15) is 37.0 Å². The molecule has 1 rings (SSSR count). The Bertz CT molecular complexity index is 364. The highest BCUT2D eigenvalue weighted by molar-refractivity contribution is 5.44. The predicted octanol–water partition coefficient (Wildman–Crippen LogP) is 3.12. The third-order valence-electron chi connectivity index (χ3n) is 2.87. The molecule has 0 saturated carbocycles. The maximum absolute atomic E-state index is 5.93. The number of benzene rings is 1. The van der Waals surface area contributed by atoms with Gasteiger partial charge in [0, 0.05) is 5.54 Å². The Morgan fingerprint density at radius 3 is 2.25 bits per heavy atom. The van der Waals surface area contributed by atoms with Crippen LogP contribution in [0.5, 0.6) is 5.75 Å². The van der Waals surface area contributed by atoms with E-state index in [1.165, 1.54) is 16.7 Å². The highest BCUT2D eigenvalue weighted by atomic mass is 16.5. The van der Waals surface area contributed by atoms with Crippen molar-refractivity contribution in [2.24, 2.45) is 5.73 Å². The highest BCUT2D eigenvalue weighted by Crippen LogP contribution is 2.26. The van der Waals surface area contributed by atoms with Crippen LogP contribution in [0.3, 0.4) is 0 Å². The van der Waals surface area contributed by atoms with Gasteiger partial charge in [0.1, 0.15) is 5.75 Å². The minimum atomic E-state index is -0.161. The lowest BCUT2D eigenvalue weighted by molar-refractivity contribution is 0.271. The molecule has 2 nitrogen and oxygen atoms in total. The molecular formula is C14H23NO. The van der Waals surface area contributed by atoms with E-state index in [4.69, 9.17) is 10.5 Å². The Hall–Kier alpha value is -1.02. The predicted molar refractivity (Wildman–Crippen MR) is 69.0 cm³/mol. The van der Waals surface area contributed by atoms with Crippen LogP contribution in [-0.2, 0) is 0 Å². The van der Waals surface area contributed by atoms with Crippen LogP contribution < -0.4 is 10.5 Å². The van der Waals surface area contributed by atoms with Crippen LogP contribution in [0.15, 0.2) is 12.1 Å². The Balaban J connectivity index is 2.71. The zero-order chi connectivity index (χ0) is 12.3. The summed E-state index contributed by atoms with van der Waals surface area (Å²) >= 11 is 0. The third-order valence-corrected chi connectivity index (χ3v) is 2.87. The molecule has 0 unspecified atom stereocenters. The van der Waals surface area contributed by atoms with Crippen molar-refractivity contribution < 1.29 is 4.74 Å². The summed E-state index contributed by atoms with van der Waals surface area (Å²) in [7, 11) is 0. The SMILES string of the molecule is Cc1ccc(C)c(OCCC(C)(C)N)c1C. The summed E-state index contributed by atoms with van der Waals surface area (Å²) in [5.74, 6) is 1.02. The highest BCUT2D eigenvalue weighted by Gasteiger charge is 2.12. The van der Waals surface area contributed by atoms with Gasteiger partial charge < -0.3 is 10.5 Å². The van der Waals surface area contributed by atoms with Gasteiger partial charge in [-0.05, 0) is 57.7 Å². The first-order valence-electron chi connectivity index (χ1n) is 5.80. The summed E-state index contributed by atoms with van der Waals surface area (Å²) in [5.41, 5.74) is 9.46. The van der Waals surface area contributed by atoms with Crippen molar-refractivity contribution in [3.05, 3.63) is 28.8 Å². The number of nitrogens with two attached hydrogens (primary N) is 1. The van der Waals surface area contributed by atoms with Crippen molar-refractivity contribution in [1.29, 1.82) is 0 Å². The fraction of sp³-hybridized carbons (Fsp3) is 0.571. The second kappa shape index (κ2) is 4.88. The second-order valence-corrected chi connectivity index (χ2v) is 5.24. The van der Waals surface area contributed by atoms with E-state index < -0.39 is 0 Å². The maximum Gasteiger partial charge on any atom is 0.125 e. The molecule has 0 bridgehead atoms. The average Bonchev–Trinajstić information content (AvgIpc) is 2.16. The number of rotatable bonds is 4. The average molecular weight is 221 g/mol. The van der Waals surface area contributed by atoms with Gasteiger partial charge in [0.25, 0.3) is 0 Å². The second-order valence-electron chi connectivity index (χ2n) is 5.24. The molecule has 1 aromatic carbocycles.